The second kappa shape index (κ2) is 10.0. The fraction of sp³-hybridized carbons (Fsp3) is 0.136. The van der Waals surface area contributed by atoms with Crippen LogP contribution < -0.4 is 15.4 Å². The van der Waals surface area contributed by atoms with Gasteiger partial charge in [-0.15, -0.1) is 0 Å². The molecule has 0 fully saturated rings. The van der Waals surface area contributed by atoms with Crippen molar-refractivity contribution in [3.8, 4) is 5.75 Å². The third-order valence-corrected chi connectivity index (χ3v) is 4.52. The van der Waals surface area contributed by atoms with Gasteiger partial charge in [-0.25, -0.2) is 0 Å². The standard InChI is InChI=1S/C22H19ClF2N2O2/c23-18-8-4-5-9-19(18)27-20(28)14-26-21(15-6-2-1-3-7-15)16-10-12-17(13-11-16)29-22(24)25/h1-13,21-22,26H,14H2,(H,27,28)/t21-/m0/s1. The number of para-hydroxylation sites is 1. The van der Waals surface area contributed by atoms with E-state index in [0.29, 0.717) is 10.7 Å². The van der Waals surface area contributed by atoms with Crippen molar-refractivity contribution in [3.63, 3.8) is 0 Å². The van der Waals surface area contributed by atoms with E-state index in [1.54, 1.807) is 36.4 Å². The number of nitrogens with one attached hydrogen (secondary N) is 2. The summed E-state index contributed by atoms with van der Waals surface area (Å²) >= 11 is 6.07. The third-order valence-electron chi connectivity index (χ3n) is 4.19. The normalized spacial score (nSPS) is 11.9. The molecule has 4 nitrogen and oxygen atoms in total. The van der Waals surface area contributed by atoms with Crippen LogP contribution in [0.15, 0.2) is 78.9 Å². The first-order valence-corrected chi connectivity index (χ1v) is 9.28. The number of benzene rings is 3. The Morgan fingerprint density at radius 2 is 1.52 bits per heavy atom. The summed E-state index contributed by atoms with van der Waals surface area (Å²) in [5, 5.41) is 6.42. The smallest absolute Gasteiger partial charge is 0.387 e. The number of rotatable bonds is 8. The van der Waals surface area contributed by atoms with Crippen molar-refractivity contribution < 1.29 is 18.3 Å². The van der Waals surface area contributed by atoms with Crippen LogP contribution in [0.4, 0.5) is 14.5 Å². The first-order valence-electron chi connectivity index (χ1n) is 8.90. The van der Waals surface area contributed by atoms with Gasteiger partial charge in [0, 0.05) is 0 Å². The number of anilines is 1. The molecule has 0 aromatic heterocycles. The summed E-state index contributed by atoms with van der Waals surface area (Å²) in [6.07, 6.45) is 0. The van der Waals surface area contributed by atoms with Gasteiger partial charge >= 0.3 is 6.61 Å². The van der Waals surface area contributed by atoms with Crippen LogP contribution in [0.25, 0.3) is 0 Å². The molecule has 2 N–H and O–H groups in total. The van der Waals surface area contributed by atoms with E-state index in [9.17, 15) is 13.6 Å². The first kappa shape index (κ1) is 20.8. The number of alkyl halides is 2. The molecule has 29 heavy (non-hydrogen) atoms. The molecule has 0 spiro atoms. The van der Waals surface area contributed by atoms with Gasteiger partial charge in [-0.1, -0.05) is 66.2 Å². The highest BCUT2D eigenvalue weighted by atomic mass is 35.5. The van der Waals surface area contributed by atoms with Crippen LogP contribution in [0.3, 0.4) is 0 Å². The first-order chi connectivity index (χ1) is 14.0. The summed E-state index contributed by atoms with van der Waals surface area (Å²) < 4.78 is 29.1. The summed E-state index contributed by atoms with van der Waals surface area (Å²) in [4.78, 5) is 12.4. The molecule has 150 valence electrons. The van der Waals surface area contributed by atoms with Crippen molar-refractivity contribution in [2.75, 3.05) is 11.9 Å². The molecular weight excluding hydrogens is 398 g/mol. The lowest BCUT2D eigenvalue weighted by Gasteiger charge is -2.20. The number of carbonyl (C=O) groups is 1. The Morgan fingerprint density at radius 1 is 0.897 bits per heavy atom. The highest BCUT2D eigenvalue weighted by Gasteiger charge is 2.16. The van der Waals surface area contributed by atoms with Crippen LogP contribution >= 0.6 is 11.6 Å². The molecule has 0 radical (unpaired) electrons. The van der Waals surface area contributed by atoms with Crippen molar-refractivity contribution in [2.45, 2.75) is 12.7 Å². The summed E-state index contributed by atoms with van der Waals surface area (Å²) in [5.74, 6) is -0.177. The Labute approximate surface area is 172 Å². The Kier molecular flexibility index (Phi) is 7.16. The van der Waals surface area contributed by atoms with Gasteiger partial charge in [-0.05, 0) is 35.4 Å². The molecule has 0 saturated carbocycles. The van der Waals surface area contributed by atoms with E-state index in [4.69, 9.17) is 11.6 Å². The van der Waals surface area contributed by atoms with Gasteiger partial charge in [0.1, 0.15) is 5.75 Å². The predicted octanol–water partition coefficient (Wildman–Crippen LogP) is 5.26. The van der Waals surface area contributed by atoms with Gasteiger partial charge in [0.25, 0.3) is 0 Å². The van der Waals surface area contributed by atoms with Crippen molar-refractivity contribution >= 4 is 23.2 Å². The molecule has 0 saturated heterocycles. The van der Waals surface area contributed by atoms with E-state index >= 15 is 0 Å². The second-order valence-electron chi connectivity index (χ2n) is 6.20. The third kappa shape index (κ3) is 6.01. The quantitative estimate of drug-likeness (QED) is 0.526. The van der Waals surface area contributed by atoms with E-state index in [1.807, 2.05) is 30.3 Å². The highest BCUT2D eigenvalue weighted by Crippen LogP contribution is 2.25. The Hall–Kier alpha value is -2.96. The zero-order chi connectivity index (χ0) is 20.6. The van der Waals surface area contributed by atoms with Crippen molar-refractivity contribution in [3.05, 3.63) is 95.0 Å². The lowest BCUT2D eigenvalue weighted by atomic mass is 9.98. The van der Waals surface area contributed by atoms with Gasteiger partial charge in [0.2, 0.25) is 5.91 Å². The van der Waals surface area contributed by atoms with Crippen LogP contribution in [-0.4, -0.2) is 19.1 Å². The highest BCUT2D eigenvalue weighted by molar-refractivity contribution is 6.33. The van der Waals surface area contributed by atoms with Crippen LogP contribution in [0.1, 0.15) is 17.2 Å². The SMILES string of the molecule is O=C(CN[C@@H](c1ccccc1)c1ccc(OC(F)F)cc1)Nc1ccccc1Cl. The van der Waals surface area contributed by atoms with Gasteiger partial charge in [-0.2, -0.15) is 8.78 Å². The van der Waals surface area contributed by atoms with Gasteiger partial charge < -0.3 is 10.1 Å². The Balaban J connectivity index is 1.73. The second-order valence-corrected chi connectivity index (χ2v) is 6.61. The zero-order valence-corrected chi connectivity index (χ0v) is 16.1. The van der Waals surface area contributed by atoms with Gasteiger partial charge in [0.15, 0.2) is 0 Å². The zero-order valence-electron chi connectivity index (χ0n) is 15.3. The molecule has 0 heterocycles. The molecule has 3 aromatic carbocycles. The topological polar surface area (TPSA) is 50.4 Å². The van der Waals surface area contributed by atoms with Crippen LogP contribution in [0, 0.1) is 0 Å². The number of amides is 1. The molecule has 3 rings (SSSR count). The number of hydrogen-bond donors (Lipinski definition) is 2. The maximum absolute atomic E-state index is 12.4. The van der Waals surface area contributed by atoms with Gasteiger partial charge in [-0.3, -0.25) is 10.1 Å². The lowest BCUT2D eigenvalue weighted by molar-refractivity contribution is -0.115. The van der Waals surface area contributed by atoms with Gasteiger partial charge in [0.05, 0.1) is 23.3 Å². The minimum Gasteiger partial charge on any atom is -0.435 e. The average molecular weight is 417 g/mol. The van der Waals surface area contributed by atoms with Crippen molar-refractivity contribution in [2.24, 2.45) is 0 Å². The van der Waals surface area contributed by atoms with Crippen molar-refractivity contribution in [1.82, 2.24) is 5.32 Å². The summed E-state index contributed by atoms with van der Waals surface area (Å²) in [7, 11) is 0. The molecule has 0 aliphatic heterocycles. The van der Waals surface area contributed by atoms with E-state index < -0.39 is 6.61 Å². The Morgan fingerprint density at radius 3 is 2.17 bits per heavy atom. The fourth-order valence-electron chi connectivity index (χ4n) is 2.87. The minimum atomic E-state index is -2.88. The summed E-state index contributed by atoms with van der Waals surface area (Å²) in [5.41, 5.74) is 2.27. The summed E-state index contributed by atoms with van der Waals surface area (Å²) in [6.45, 7) is -2.85. The summed E-state index contributed by atoms with van der Waals surface area (Å²) in [6, 6.07) is 22.5. The minimum absolute atomic E-state index is 0.0278. The lowest BCUT2D eigenvalue weighted by Crippen LogP contribution is -2.32. The molecule has 0 aliphatic carbocycles. The molecule has 0 bridgehead atoms. The fourth-order valence-corrected chi connectivity index (χ4v) is 3.05. The molecule has 3 aromatic rings. The monoisotopic (exact) mass is 416 g/mol. The molecule has 0 aliphatic rings. The van der Waals surface area contributed by atoms with E-state index in [-0.39, 0.29) is 24.2 Å². The van der Waals surface area contributed by atoms with E-state index in [1.165, 1.54) is 12.1 Å². The molecule has 7 heteroatoms. The predicted molar refractivity (Wildman–Crippen MR) is 109 cm³/mol. The number of carbonyl (C=O) groups excluding carboxylic acids is 1. The molecule has 1 amide bonds. The van der Waals surface area contributed by atoms with E-state index in [2.05, 4.69) is 15.4 Å². The van der Waals surface area contributed by atoms with Crippen LogP contribution in [-0.2, 0) is 4.79 Å². The average Bonchev–Trinajstić information content (AvgIpc) is 2.71. The molecule has 0 unspecified atom stereocenters. The largest absolute Gasteiger partial charge is 0.435 e. The molecular formula is C22H19ClF2N2O2. The van der Waals surface area contributed by atoms with Crippen LogP contribution in [0.5, 0.6) is 5.75 Å². The number of hydrogen-bond acceptors (Lipinski definition) is 3. The van der Waals surface area contributed by atoms with Crippen LogP contribution in [0.2, 0.25) is 5.02 Å². The maximum Gasteiger partial charge on any atom is 0.387 e. The Bertz CT molecular complexity index is 937. The maximum atomic E-state index is 12.4. The van der Waals surface area contributed by atoms with E-state index in [0.717, 1.165) is 11.1 Å². The number of ether oxygens (including phenoxy) is 1. The van der Waals surface area contributed by atoms with Crippen molar-refractivity contribution in [1.29, 1.82) is 0 Å². The number of halogens is 3. The molecule has 1 atom stereocenters.